The number of pyridine rings is 1. The van der Waals surface area contributed by atoms with Gasteiger partial charge in [0.2, 0.25) is 0 Å². The van der Waals surface area contributed by atoms with E-state index in [-0.39, 0.29) is 5.56 Å². The van der Waals surface area contributed by atoms with Crippen molar-refractivity contribution in [2.75, 3.05) is 0 Å². The third-order valence-corrected chi connectivity index (χ3v) is 3.63. The van der Waals surface area contributed by atoms with Gasteiger partial charge in [-0.15, -0.1) is 0 Å². The number of furan rings is 1. The molecule has 0 saturated heterocycles. The smallest absolute Gasteiger partial charge is 0.252 e. The Morgan fingerprint density at radius 1 is 0.913 bits per heavy atom. The van der Waals surface area contributed by atoms with Crippen molar-refractivity contribution in [3.05, 3.63) is 83.5 Å². The van der Waals surface area contributed by atoms with Crippen LogP contribution in [-0.4, -0.2) is 4.98 Å². The first kappa shape index (κ1) is 13.4. The zero-order valence-corrected chi connectivity index (χ0v) is 12.2. The van der Waals surface area contributed by atoms with Crippen LogP contribution in [0.4, 0.5) is 0 Å². The molecule has 4 rings (SSSR count). The molecule has 4 heteroatoms. The lowest BCUT2D eigenvalue weighted by Crippen LogP contribution is -2.04. The summed E-state index contributed by atoms with van der Waals surface area (Å²) in [6.45, 7) is 0. The Balaban J connectivity index is 1.88. The summed E-state index contributed by atoms with van der Waals surface area (Å²) < 4.78 is 11.0. The van der Waals surface area contributed by atoms with Gasteiger partial charge in [0, 0.05) is 17.0 Å². The first-order valence-corrected chi connectivity index (χ1v) is 7.22. The average Bonchev–Trinajstić information content (AvgIpc) is 3.10. The molecular formula is C19H13NO3. The standard InChI is InChI=1S/C19H13NO3/c21-19-11-18(23-15-4-2-1-3-5-15)16-10-13(6-7-17(16)20-19)14-8-9-22-12-14/h1-12H,(H,20,21). The number of aromatic amines is 1. The van der Waals surface area contributed by atoms with E-state index in [1.165, 1.54) is 6.07 Å². The van der Waals surface area contributed by atoms with Gasteiger partial charge in [-0.05, 0) is 35.9 Å². The second-order valence-corrected chi connectivity index (χ2v) is 5.19. The van der Waals surface area contributed by atoms with E-state index in [4.69, 9.17) is 9.15 Å². The molecule has 2 heterocycles. The van der Waals surface area contributed by atoms with Crippen LogP contribution in [0, 0.1) is 0 Å². The molecule has 4 aromatic rings. The van der Waals surface area contributed by atoms with Crippen LogP contribution in [0.5, 0.6) is 11.5 Å². The van der Waals surface area contributed by atoms with Gasteiger partial charge in [0.05, 0.1) is 18.0 Å². The number of nitrogens with one attached hydrogen (secondary N) is 1. The van der Waals surface area contributed by atoms with Crippen LogP contribution >= 0.6 is 0 Å². The van der Waals surface area contributed by atoms with E-state index in [9.17, 15) is 4.79 Å². The van der Waals surface area contributed by atoms with Crippen LogP contribution in [0.1, 0.15) is 0 Å². The summed E-state index contributed by atoms with van der Waals surface area (Å²) in [5, 5.41) is 0.840. The second-order valence-electron chi connectivity index (χ2n) is 5.19. The maximum atomic E-state index is 11.9. The van der Waals surface area contributed by atoms with E-state index in [2.05, 4.69) is 4.98 Å². The van der Waals surface area contributed by atoms with Gasteiger partial charge in [-0.1, -0.05) is 24.3 Å². The number of hydrogen-bond acceptors (Lipinski definition) is 3. The minimum atomic E-state index is -0.195. The SMILES string of the molecule is O=c1cc(Oc2ccccc2)c2cc(-c3ccoc3)ccc2[nH]1. The number of rotatable bonds is 3. The molecule has 0 radical (unpaired) electrons. The van der Waals surface area contributed by atoms with Crippen molar-refractivity contribution < 1.29 is 9.15 Å². The number of benzene rings is 2. The Kier molecular flexibility index (Phi) is 3.20. The van der Waals surface area contributed by atoms with Crippen molar-refractivity contribution >= 4 is 10.9 Å². The molecule has 0 bridgehead atoms. The molecule has 0 aliphatic rings. The van der Waals surface area contributed by atoms with Crippen LogP contribution in [0.25, 0.3) is 22.0 Å². The number of fused-ring (bicyclic) bond motifs is 1. The van der Waals surface area contributed by atoms with E-state index < -0.39 is 0 Å². The van der Waals surface area contributed by atoms with Crippen LogP contribution < -0.4 is 10.3 Å². The Bertz CT molecular complexity index is 1000. The first-order valence-electron chi connectivity index (χ1n) is 7.22. The van der Waals surface area contributed by atoms with Gasteiger partial charge in [0.25, 0.3) is 5.56 Å². The molecule has 0 fully saturated rings. The van der Waals surface area contributed by atoms with E-state index >= 15 is 0 Å². The lowest BCUT2D eigenvalue weighted by molar-refractivity contribution is 0.487. The third kappa shape index (κ3) is 2.62. The van der Waals surface area contributed by atoms with Gasteiger partial charge in [-0.25, -0.2) is 0 Å². The Morgan fingerprint density at radius 2 is 1.78 bits per heavy atom. The van der Waals surface area contributed by atoms with E-state index in [1.807, 2.05) is 54.6 Å². The highest BCUT2D eigenvalue weighted by Crippen LogP contribution is 2.31. The third-order valence-electron chi connectivity index (χ3n) is 3.63. The zero-order valence-electron chi connectivity index (χ0n) is 12.2. The summed E-state index contributed by atoms with van der Waals surface area (Å²) in [5.74, 6) is 1.22. The van der Waals surface area contributed by atoms with Crippen molar-refractivity contribution in [1.82, 2.24) is 4.98 Å². The fourth-order valence-corrected chi connectivity index (χ4v) is 2.53. The topological polar surface area (TPSA) is 55.2 Å². The van der Waals surface area contributed by atoms with Crippen molar-refractivity contribution in [2.45, 2.75) is 0 Å². The lowest BCUT2D eigenvalue weighted by atomic mass is 10.1. The van der Waals surface area contributed by atoms with Crippen molar-refractivity contribution in [3.8, 4) is 22.6 Å². The van der Waals surface area contributed by atoms with Crippen LogP contribution in [-0.2, 0) is 0 Å². The highest BCUT2D eigenvalue weighted by atomic mass is 16.5. The van der Waals surface area contributed by atoms with Crippen molar-refractivity contribution in [2.24, 2.45) is 0 Å². The number of para-hydroxylation sites is 1. The zero-order chi connectivity index (χ0) is 15.6. The molecule has 2 aromatic heterocycles. The summed E-state index contributed by atoms with van der Waals surface area (Å²) in [4.78, 5) is 14.7. The molecule has 0 unspecified atom stereocenters. The predicted octanol–water partition coefficient (Wildman–Crippen LogP) is 4.58. The summed E-state index contributed by atoms with van der Waals surface area (Å²) >= 11 is 0. The second kappa shape index (κ2) is 5.50. The average molecular weight is 303 g/mol. The quantitative estimate of drug-likeness (QED) is 0.602. The largest absolute Gasteiger partial charge is 0.472 e. The minimum absolute atomic E-state index is 0.195. The maximum absolute atomic E-state index is 11.9. The van der Waals surface area contributed by atoms with Gasteiger partial charge in [-0.3, -0.25) is 4.79 Å². The number of hydrogen-bond donors (Lipinski definition) is 1. The van der Waals surface area contributed by atoms with Gasteiger partial charge in [0.1, 0.15) is 11.5 Å². The fourth-order valence-electron chi connectivity index (χ4n) is 2.53. The normalized spacial score (nSPS) is 10.8. The van der Waals surface area contributed by atoms with Crippen molar-refractivity contribution in [3.63, 3.8) is 0 Å². The van der Waals surface area contributed by atoms with Crippen molar-refractivity contribution in [1.29, 1.82) is 0 Å². The van der Waals surface area contributed by atoms with Gasteiger partial charge < -0.3 is 14.1 Å². The molecule has 0 spiro atoms. The number of H-pyrrole nitrogens is 1. The molecule has 0 atom stereocenters. The van der Waals surface area contributed by atoms with Crippen LogP contribution in [0.15, 0.2) is 82.4 Å². The fraction of sp³-hybridized carbons (Fsp3) is 0. The molecular weight excluding hydrogens is 290 g/mol. The summed E-state index contributed by atoms with van der Waals surface area (Å²) in [6, 6.07) is 18.6. The van der Waals surface area contributed by atoms with Gasteiger partial charge in [0.15, 0.2) is 0 Å². The highest BCUT2D eigenvalue weighted by molar-refractivity contribution is 5.89. The number of ether oxygens (including phenoxy) is 1. The Hall–Kier alpha value is -3.27. The first-order chi connectivity index (χ1) is 11.3. The van der Waals surface area contributed by atoms with E-state index in [0.717, 1.165) is 22.0 Å². The molecule has 1 N–H and O–H groups in total. The van der Waals surface area contributed by atoms with E-state index in [1.54, 1.807) is 12.5 Å². The summed E-state index contributed by atoms with van der Waals surface area (Å²) in [6.07, 6.45) is 3.32. The van der Waals surface area contributed by atoms with E-state index in [0.29, 0.717) is 11.5 Å². The molecule has 0 aliphatic heterocycles. The van der Waals surface area contributed by atoms with Crippen LogP contribution in [0.2, 0.25) is 0 Å². The minimum Gasteiger partial charge on any atom is -0.472 e. The van der Waals surface area contributed by atoms with Gasteiger partial charge >= 0.3 is 0 Å². The Labute approximate surface area is 132 Å². The summed E-state index contributed by atoms with van der Waals surface area (Å²) in [7, 11) is 0. The monoisotopic (exact) mass is 303 g/mol. The molecule has 0 amide bonds. The number of aromatic nitrogens is 1. The molecule has 4 nitrogen and oxygen atoms in total. The summed E-state index contributed by atoms with van der Waals surface area (Å²) in [5.41, 5.74) is 2.51. The molecule has 2 aromatic carbocycles. The van der Waals surface area contributed by atoms with Crippen LogP contribution in [0.3, 0.4) is 0 Å². The molecule has 0 aliphatic carbocycles. The molecule has 23 heavy (non-hydrogen) atoms. The predicted molar refractivity (Wildman–Crippen MR) is 88.8 cm³/mol. The maximum Gasteiger partial charge on any atom is 0.252 e. The highest BCUT2D eigenvalue weighted by Gasteiger charge is 2.08. The lowest BCUT2D eigenvalue weighted by Gasteiger charge is -2.09. The molecule has 112 valence electrons. The Morgan fingerprint density at radius 3 is 2.57 bits per heavy atom. The molecule has 0 saturated carbocycles. The van der Waals surface area contributed by atoms with Gasteiger partial charge in [-0.2, -0.15) is 0 Å².